The lowest BCUT2D eigenvalue weighted by Gasteiger charge is -2.05. The van der Waals surface area contributed by atoms with E-state index in [9.17, 15) is 4.79 Å². The third kappa shape index (κ3) is 2.23. The maximum Gasteiger partial charge on any atom is 0.357 e. The summed E-state index contributed by atoms with van der Waals surface area (Å²) in [4.78, 5) is 16.8. The van der Waals surface area contributed by atoms with E-state index >= 15 is 0 Å². The summed E-state index contributed by atoms with van der Waals surface area (Å²) < 4.78 is 6.83. The Kier molecular flexibility index (Phi) is 3.31. The van der Waals surface area contributed by atoms with Crippen molar-refractivity contribution in [1.29, 1.82) is 0 Å². The highest BCUT2D eigenvalue weighted by atomic mass is 16.5. The minimum absolute atomic E-state index is 0.308. The minimum Gasteiger partial charge on any atom is -0.461 e. The molecule has 0 spiro atoms. The molecule has 2 N–H and O–H groups in total. The van der Waals surface area contributed by atoms with Crippen LogP contribution in [-0.2, 0) is 4.74 Å². The Morgan fingerprint density at radius 2 is 2.00 bits per heavy atom. The molecule has 0 radical (unpaired) electrons. The number of ether oxygens (including phenoxy) is 1. The van der Waals surface area contributed by atoms with E-state index < -0.39 is 5.97 Å². The minimum atomic E-state index is -0.408. The molecule has 21 heavy (non-hydrogen) atoms. The fourth-order valence-corrected chi connectivity index (χ4v) is 2.28. The molecule has 0 aliphatic carbocycles. The number of anilines is 1. The molecule has 2 aromatic heterocycles. The van der Waals surface area contributed by atoms with Crippen molar-refractivity contribution < 1.29 is 9.53 Å². The highest BCUT2D eigenvalue weighted by Crippen LogP contribution is 2.27. The Bertz CT molecular complexity index is 794. The van der Waals surface area contributed by atoms with Crippen LogP contribution in [0, 0.1) is 0 Å². The van der Waals surface area contributed by atoms with Gasteiger partial charge in [-0.2, -0.15) is 0 Å². The van der Waals surface area contributed by atoms with Crippen molar-refractivity contribution in [3.8, 4) is 11.3 Å². The normalized spacial score (nSPS) is 10.7. The molecule has 106 valence electrons. The van der Waals surface area contributed by atoms with E-state index in [1.54, 1.807) is 29.7 Å². The molecule has 0 aliphatic heterocycles. The maximum atomic E-state index is 12.3. The third-order valence-electron chi connectivity index (χ3n) is 3.20. The second-order valence-electron chi connectivity index (χ2n) is 4.55. The predicted molar refractivity (Wildman–Crippen MR) is 81.0 cm³/mol. The van der Waals surface area contributed by atoms with Gasteiger partial charge < -0.3 is 10.5 Å². The summed E-state index contributed by atoms with van der Waals surface area (Å²) in [5.74, 6) is -0.408. The number of benzene rings is 1. The largest absolute Gasteiger partial charge is 0.461 e. The fraction of sp³-hybridized carbons (Fsp3) is 0.125. The van der Waals surface area contributed by atoms with Crippen LogP contribution < -0.4 is 5.73 Å². The van der Waals surface area contributed by atoms with Crippen LogP contribution in [0.4, 0.5) is 5.69 Å². The second-order valence-corrected chi connectivity index (χ2v) is 4.55. The van der Waals surface area contributed by atoms with Gasteiger partial charge >= 0.3 is 5.97 Å². The van der Waals surface area contributed by atoms with Gasteiger partial charge in [-0.15, -0.1) is 0 Å². The first-order chi connectivity index (χ1) is 10.2. The van der Waals surface area contributed by atoms with Crippen molar-refractivity contribution in [2.75, 3.05) is 12.3 Å². The first kappa shape index (κ1) is 13.2. The first-order valence-corrected chi connectivity index (χ1v) is 6.71. The molecule has 2 heterocycles. The van der Waals surface area contributed by atoms with Gasteiger partial charge in [-0.05, 0) is 19.1 Å². The summed E-state index contributed by atoms with van der Waals surface area (Å²) >= 11 is 0. The molecular weight excluding hydrogens is 266 g/mol. The zero-order chi connectivity index (χ0) is 14.8. The number of rotatable bonds is 3. The van der Waals surface area contributed by atoms with Gasteiger partial charge in [0.05, 0.1) is 12.3 Å². The van der Waals surface area contributed by atoms with E-state index in [0.717, 1.165) is 5.56 Å². The van der Waals surface area contributed by atoms with Gasteiger partial charge in [0.2, 0.25) is 0 Å². The number of fused-ring (bicyclic) bond motifs is 1. The number of aromatic nitrogens is 2. The van der Waals surface area contributed by atoms with Gasteiger partial charge in [-0.3, -0.25) is 4.40 Å². The van der Waals surface area contributed by atoms with Crippen LogP contribution in [0.2, 0.25) is 0 Å². The van der Waals surface area contributed by atoms with E-state index in [1.165, 1.54) is 0 Å². The molecule has 0 saturated heterocycles. The third-order valence-corrected chi connectivity index (χ3v) is 3.20. The number of nitrogens with two attached hydrogens (primary N) is 1. The molecule has 0 unspecified atom stereocenters. The lowest BCUT2D eigenvalue weighted by molar-refractivity contribution is 0.0519. The van der Waals surface area contributed by atoms with E-state index in [2.05, 4.69) is 4.98 Å². The Labute approximate surface area is 122 Å². The number of hydrogen-bond donors (Lipinski definition) is 1. The van der Waals surface area contributed by atoms with Crippen LogP contribution in [0.25, 0.3) is 16.9 Å². The standard InChI is InChI=1S/C16H15N3O2/c1-2-21-16(20)14-13(11-7-4-3-5-8-11)18-15-12(17)9-6-10-19(14)15/h3-10H,2,17H2,1H3. The van der Waals surface area contributed by atoms with E-state index in [1.807, 2.05) is 30.3 Å². The topological polar surface area (TPSA) is 69.6 Å². The Hall–Kier alpha value is -2.82. The highest BCUT2D eigenvalue weighted by Gasteiger charge is 2.22. The summed E-state index contributed by atoms with van der Waals surface area (Å²) in [6.45, 7) is 2.08. The number of carbonyl (C=O) groups is 1. The fourth-order valence-electron chi connectivity index (χ4n) is 2.28. The zero-order valence-corrected chi connectivity index (χ0v) is 11.6. The smallest absolute Gasteiger partial charge is 0.357 e. The van der Waals surface area contributed by atoms with E-state index in [0.29, 0.717) is 29.3 Å². The predicted octanol–water partition coefficient (Wildman–Crippen LogP) is 2.76. The average molecular weight is 281 g/mol. The van der Waals surface area contributed by atoms with Crippen LogP contribution in [-0.4, -0.2) is 22.0 Å². The number of nitrogen functional groups attached to an aromatic ring is 1. The molecule has 0 amide bonds. The first-order valence-electron chi connectivity index (χ1n) is 6.71. The van der Waals surface area contributed by atoms with Gasteiger partial charge in [0.25, 0.3) is 0 Å². The van der Waals surface area contributed by atoms with Crippen molar-refractivity contribution in [1.82, 2.24) is 9.38 Å². The van der Waals surface area contributed by atoms with Crippen LogP contribution in [0.5, 0.6) is 0 Å². The van der Waals surface area contributed by atoms with Crippen molar-refractivity contribution in [3.05, 3.63) is 54.4 Å². The van der Waals surface area contributed by atoms with E-state index in [4.69, 9.17) is 10.5 Å². The van der Waals surface area contributed by atoms with Gasteiger partial charge in [0.1, 0.15) is 5.69 Å². The number of hydrogen-bond acceptors (Lipinski definition) is 4. The van der Waals surface area contributed by atoms with Crippen molar-refractivity contribution in [3.63, 3.8) is 0 Å². The molecule has 0 fully saturated rings. The van der Waals surface area contributed by atoms with Gasteiger partial charge in [-0.1, -0.05) is 30.3 Å². The Balaban J connectivity index is 2.30. The highest BCUT2D eigenvalue weighted by molar-refractivity contribution is 5.96. The molecular formula is C16H15N3O2. The van der Waals surface area contributed by atoms with Crippen LogP contribution in [0.1, 0.15) is 17.4 Å². The summed E-state index contributed by atoms with van der Waals surface area (Å²) in [6.07, 6.45) is 1.76. The monoisotopic (exact) mass is 281 g/mol. The summed E-state index contributed by atoms with van der Waals surface area (Å²) in [5.41, 5.74) is 8.85. The summed E-state index contributed by atoms with van der Waals surface area (Å²) in [6, 6.07) is 13.1. The van der Waals surface area contributed by atoms with Crippen LogP contribution >= 0.6 is 0 Å². The molecule has 5 nitrogen and oxygen atoms in total. The lowest BCUT2D eigenvalue weighted by Crippen LogP contribution is -2.09. The second kappa shape index (κ2) is 5.28. The van der Waals surface area contributed by atoms with Crippen LogP contribution in [0.15, 0.2) is 48.7 Å². The number of pyridine rings is 1. The summed E-state index contributed by atoms with van der Waals surface area (Å²) in [7, 11) is 0. The molecule has 0 aliphatic rings. The van der Waals surface area contributed by atoms with Gasteiger partial charge in [-0.25, -0.2) is 9.78 Å². The van der Waals surface area contributed by atoms with Gasteiger partial charge in [0, 0.05) is 11.8 Å². The Morgan fingerprint density at radius 3 is 2.71 bits per heavy atom. The number of imidazole rings is 1. The quantitative estimate of drug-likeness (QED) is 0.749. The zero-order valence-electron chi connectivity index (χ0n) is 11.6. The molecule has 0 atom stereocenters. The van der Waals surface area contributed by atoms with Gasteiger partial charge in [0.15, 0.2) is 11.3 Å². The lowest BCUT2D eigenvalue weighted by atomic mass is 10.1. The molecule has 3 rings (SSSR count). The molecule has 5 heteroatoms. The number of carbonyl (C=O) groups excluding carboxylic acids is 1. The number of nitrogens with zero attached hydrogens (tertiary/aromatic N) is 2. The number of esters is 1. The molecule has 0 saturated carbocycles. The van der Waals surface area contributed by atoms with Crippen molar-refractivity contribution >= 4 is 17.3 Å². The van der Waals surface area contributed by atoms with Crippen molar-refractivity contribution in [2.45, 2.75) is 6.92 Å². The van der Waals surface area contributed by atoms with Crippen LogP contribution in [0.3, 0.4) is 0 Å². The maximum absolute atomic E-state index is 12.3. The summed E-state index contributed by atoms with van der Waals surface area (Å²) in [5, 5.41) is 0. The SMILES string of the molecule is CCOC(=O)c1c(-c2ccccc2)nc2c(N)cccn12. The average Bonchev–Trinajstić information content (AvgIpc) is 2.89. The van der Waals surface area contributed by atoms with E-state index in [-0.39, 0.29) is 0 Å². The molecule has 3 aromatic rings. The Morgan fingerprint density at radius 1 is 1.24 bits per heavy atom. The molecule has 1 aromatic carbocycles. The van der Waals surface area contributed by atoms with Crippen molar-refractivity contribution in [2.24, 2.45) is 0 Å². The molecule has 0 bridgehead atoms.